The van der Waals surface area contributed by atoms with E-state index in [1.807, 2.05) is 12.1 Å². The summed E-state index contributed by atoms with van der Waals surface area (Å²) in [6, 6.07) is 7.22. The van der Waals surface area contributed by atoms with Crippen LogP contribution >= 0.6 is 22.6 Å². The molecular formula is C7H8INOS. The molecule has 1 rings (SSSR count). The lowest BCUT2D eigenvalue weighted by Gasteiger charge is -1.99. The first-order chi connectivity index (χ1) is 5.00. The Morgan fingerprint density at radius 3 is 2.55 bits per heavy atom. The molecule has 0 bridgehead atoms. The molecule has 1 aromatic carbocycles. The standard InChI is InChI=1S/C7H8INOS/c1-11(9,10)7-4-2-3-6(8)5-7/h2-5,9H,1H3. The highest BCUT2D eigenvalue weighted by atomic mass is 127. The molecule has 0 aliphatic heterocycles. The maximum absolute atomic E-state index is 11.2. The van der Waals surface area contributed by atoms with Crippen molar-refractivity contribution < 1.29 is 4.21 Å². The Morgan fingerprint density at radius 2 is 2.18 bits per heavy atom. The van der Waals surface area contributed by atoms with Crippen molar-refractivity contribution in [2.24, 2.45) is 0 Å². The van der Waals surface area contributed by atoms with Crippen LogP contribution in [0.3, 0.4) is 0 Å². The van der Waals surface area contributed by atoms with Crippen molar-refractivity contribution in [1.29, 1.82) is 4.78 Å². The van der Waals surface area contributed by atoms with Crippen molar-refractivity contribution in [2.75, 3.05) is 6.26 Å². The molecule has 0 aliphatic rings. The molecule has 2 nitrogen and oxygen atoms in total. The van der Waals surface area contributed by atoms with Crippen LogP contribution in [0.5, 0.6) is 0 Å². The summed E-state index contributed by atoms with van der Waals surface area (Å²) in [6.07, 6.45) is 1.43. The van der Waals surface area contributed by atoms with E-state index in [4.69, 9.17) is 4.78 Å². The fourth-order valence-electron chi connectivity index (χ4n) is 0.709. The van der Waals surface area contributed by atoms with Crippen LogP contribution in [0.15, 0.2) is 29.2 Å². The van der Waals surface area contributed by atoms with Gasteiger partial charge < -0.3 is 0 Å². The molecule has 0 saturated heterocycles. The van der Waals surface area contributed by atoms with Crippen LogP contribution in [0.2, 0.25) is 0 Å². The summed E-state index contributed by atoms with van der Waals surface area (Å²) in [5.74, 6) is 0. The molecule has 0 heterocycles. The van der Waals surface area contributed by atoms with Crippen LogP contribution in [0.1, 0.15) is 0 Å². The molecule has 11 heavy (non-hydrogen) atoms. The highest BCUT2D eigenvalue weighted by molar-refractivity contribution is 14.1. The minimum Gasteiger partial charge on any atom is -0.249 e. The number of hydrogen-bond donors (Lipinski definition) is 1. The Morgan fingerprint density at radius 1 is 1.55 bits per heavy atom. The van der Waals surface area contributed by atoms with Gasteiger partial charge in [0.15, 0.2) is 0 Å². The summed E-state index contributed by atoms with van der Waals surface area (Å²) in [5.41, 5.74) is 0. The highest BCUT2D eigenvalue weighted by Crippen LogP contribution is 2.12. The number of halogens is 1. The molecule has 0 aliphatic carbocycles. The first kappa shape index (κ1) is 8.99. The van der Waals surface area contributed by atoms with Gasteiger partial charge in [0.05, 0.1) is 9.73 Å². The predicted octanol–water partition coefficient (Wildman–Crippen LogP) is 2.33. The molecular weight excluding hydrogens is 273 g/mol. The van der Waals surface area contributed by atoms with E-state index in [1.54, 1.807) is 12.1 Å². The topological polar surface area (TPSA) is 40.9 Å². The van der Waals surface area contributed by atoms with Gasteiger partial charge in [-0.15, -0.1) is 0 Å². The lowest BCUT2D eigenvalue weighted by Crippen LogP contribution is -1.94. The van der Waals surface area contributed by atoms with E-state index in [-0.39, 0.29) is 0 Å². The first-order valence-electron chi connectivity index (χ1n) is 2.99. The molecule has 1 atom stereocenters. The number of benzene rings is 1. The average molecular weight is 281 g/mol. The molecule has 0 aromatic heterocycles. The van der Waals surface area contributed by atoms with Crippen molar-refractivity contribution in [1.82, 2.24) is 0 Å². The molecule has 0 radical (unpaired) electrons. The second-order valence-corrected chi connectivity index (χ2v) is 5.71. The van der Waals surface area contributed by atoms with Gasteiger partial charge >= 0.3 is 0 Å². The van der Waals surface area contributed by atoms with Crippen LogP contribution in [-0.4, -0.2) is 10.5 Å². The van der Waals surface area contributed by atoms with Crippen molar-refractivity contribution in [3.8, 4) is 0 Å². The number of nitrogens with one attached hydrogen (secondary N) is 1. The summed E-state index contributed by atoms with van der Waals surface area (Å²) in [4.78, 5) is 0.601. The number of rotatable bonds is 1. The summed E-state index contributed by atoms with van der Waals surface area (Å²) >= 11 is 2.14. The van der Waals surface area contributed by atoms with Crippen LogP contribution in [0.4, 0.5) is 0 Å². The zero-order valence-electron chi connectivity index (χ0n) is 6.00. The maximum atomic E-state index is 11.2. The van der Waals surface area contributed by atoms with Crippen molar-refractivity contribution >= 4 is 32.3 Å². The fourth-order valence-corrected chi connectivity index (χ4v) is 2.15. The summed E-state index contributed by atoms with van der Waals surface area (Å²) in [7, 11) is -2.53. The van der Waals surface area contributed by atoms with Crippen molar-refractivity contribution in [3.05, 3.63) is 27.8 Å². The molecule has 1 N–H and O–H groups in total. The lowest BCUT2D eigenvalue weighted by atomic mass is 10.4. The van der Waals surface area contributed by atoms with Gasteiger partial charge in [-0.1, -0.05) is 6.07 Å². The van der Waals surface area contributed by atoms with Gasteiger partial charge in [0.25, 0.3) is 0 Å². The number of hydrogen-bond acceptors (Lipinski definition) is 2. The van der Waals surface area contributed by atoms with E-state index in [0.717, 1.165) is 3.57 Å². The Labute approximate surface area is 80.1 Å². The summed E-state index contributed by atoms with van der Waals surface area (Å²) in [5, 5.41) is 0. The lowest BCUT2D eigenvalue weighted by molar-refractivity contribution is 0.679. The van der Waals surface area contributed by atoms with E-state index in [0.29, 0.717) is 4.90 Å². The largest absolute Gasteiger partial charge is 0.249 e. The minimum absolute atomic E-state index is 0.601. The van der Waals surface area contributed by atoms with Gasteiger partial charge in [-0.3, -0.25) is 0 Å². The summed E-state index contributed by atoms with van der Waals surface area (Å²) < 4.78 is 19.5. The zero-order valence-corrected chi connectivity index (χ0v) is 8.98. The predicted molar refractivity (Wildman–Crippen MR) is 54.2 cm³/mol. The Hall–Kier alpha value is -0.100. The minimum atomic E-state index is -2.53. The Bertz CT molecular complexity index is 358. The average Bonchev–Trinajstić information content (AvgIpc) is 1.86. The molecule has 0 spiro atoms. The normalized spacial score (nSPS) is 15.8. The van der Waals surface area contributed by atoms with Crippen LogP contribution in [0.25, 0.3) is 0 Å². The molecule has 0 fully saturated rings. The van der Waals surface area contributed by atoms with E-state index < -0.39 is 9.73 Å². The van der Waals surface area contributed by atoms with Gasteiger partial charge in [0.1, 0.15) is 0 Å². The van der Waals surface area contributed by atoms with Gasteiger partial charge in [-0.05, 0) is 40.8 Å². The SMILES string of the molecule is CS(=N)(=O)c1cccc(I)c1. The monoisotopic (exact) mass is 281 g/mol. The molecule has 1 unspecified atom stereocenters. The Kier molecular flexibility index (Phi) is 2.54. The molecule has 0 amide bonds. The maximum Gasteiger partial charge on any atom is 0.0697 e. The molecule has 60 valence electrons. The van der Waals surface area contributed by atoms with E-state index in [2.05, 4.69) is 22.6 Å². The first-order valence-corrected chi connectivity index (χ1v) is 6.04. The summed E-state index contributed by atoms with van der Waals surface area (Å²) in [6.45, 7) is 0. The van der Waals surface area contributed by atoms with Gasteiger partial charge in [-0.25, -0.2) is 8.99 Å². The smallest absolute Gasteiger partial charge is 0.0697 e. The van der Waals surface area contributed by atoms with Crippen LogP contribution in [0, 0.1) is 8.35 Å². The third-order valence-electron chi connectivity index (χ3n) is 1.25. The van der Waals surface area contributed by atoms with E-state index >= 15 is 0 Å². The quantitative estimate of drug-likeness (QED) is 0.788. The second-order valence-electron chi connectivity index (χ2n) is 2.30. The zero-order chi connectivity index (χ0) is 8.48. The van der Waals surface area contributed by atoms with Crippen molar-refractivity contribution in [3.63, 3.8) is 0 Å². The second kappa shape index (κ2) is 3.10. The fraction of sp³-hybridized carbons (Fsp3) is 0.143. The van der Waals surface area contributed by atoms with Crippen molar-refractivity contribution in [2.45, 2.75) is 4.90 Å². The van der Waals surface area contributed by atoms with Crippen LogP contribution < -0.4 is 0 Å². The highest BCUT2D eigenvalue weighted by Gasteiger charge is 2.01. The van der Waals surface area contributed by atoms with Gasteiger partial charge in [-0.2, -0.15) is 0 Å². The Balaban J connectivity index is 3.28. The van der Waals surface area contributed by atoms with Gasteiger partial charge in [0, 0.05) is 14.7 Å². The molecule has 1 aromatic rings. The van der Waals surface area contributed by atoms with E-state index in [9.17, 15) is 4.21 Å². The third kappa shape index (κ3) is 2.44. The molecule has 4 heteroatoms. The third-order valence-corrected chi connectivity index (χ3v) is 3.07. The molecule has 0 saturated carbocycles. The van der Waals surface area contributed by atoms with E-state index in [1.165, 1.54) is 6.26 Å². The van der Waals surface area contributed by atoms with Crippen LogP contribution in [-0.2, 0) is 9.73 Å². The van der Waals surface area contributed by atoms with Gasteiger partial charge in [0.2, 0.25) is 0 Å².